The highest BCUT2D eigenvalue weighted by atomic mass is 32.2. The van der Waals surface area contributed by atoms with E-state index in [4.69, 9.17) is 29.0 Å². The van der Waals surface area contributed by atoms with E-state index < -0.39 is 103 Å². The second-order valence-electron chi connectivity index (χ2n) is 17.7. The van der Waals surface area contributed by atoms with E-state index in [2.05, 4.69) is 34.4 Å². The summed E-state index contributed by atoms with van der Waals surface area (Å²) >= 11 is 1.12. The van der Waals surface area contributed by atoms with E-state index in [1.807, 2.05) is 0 Å². The van der Waals surface area contributed by atoms with Crippen LogP contribution in [0.3, 0.4) is 0 Å². The lowest BCUT2D eigenvalue weighted by molar-refractivity contribution is -0.261. The monoisotopic (exact) mass is 1100 g/mol. The summed E-state index contributed by atoms with van der Waals surface area (Å²) in [4.78, 5) is 88.4. The van der Waals surface area contributed by atoms with Crippen molar-refractivity contribution in [3.05, 3.63) is 12.7 Å². The Hall–Kier alpha value is -2.60. The predicted molar refractivity (Wildman–Crippen MR) is 250 cm³/mol. The molecule has 2 fully saturated rings. The Morgan fingerprint density at radius 2 is 1.54 bits per heavy atom. The van der Waals surface area contributed by atoms with Gasteiger partial charge in [-0.25, -0.2) is 28.6 Å². The maximum atomic E-state index is 12.7. The molecule has 2 unspecified atom stereocenters. The molecule has 0 radical (unpaired) electrons. The zero-order chi connectivity index (χ0) is 52.6. The van der Waals surface area contributed by atoms with Crippen LogP contribution in [0, 0.1) is 5.41 Å². The summed E-state index contributed by atoms with van der Waals surface area (Å²) in [6.07, 6.45) is 0.112. The van der Waals surface area contributed by atoms with Crippen LogP contribution in [0.1, 0.15) is 104 Å². The van der Waals surface area contributed by atoms with E-state index in [1.54, 1.807) is 6.92 Å². The van der Waals surface area contributed by atoms with Crippen LogP contribution in [0.5, 0.6) is 0 Å². The first-order chi connectivity index (χ1) is 33.3. The van der Waals surface area contributed by atoms with E-state index in [-0.39, 0.29) is 54.1 Å². The van der Waals surface area contributed by atoms with E-state index in [0.717, 1.165) is 86.8 Å². The number of nitrogens with zero attached hydrogens (tertiary/aromatic N) is 4. The number of phosphoric ester groups is 3. The number of aliphatic hydroxyl groups is 4. The van der Waals surface area contributed by atoms with Gasteiger partial charge in [0.2, 0.25) is 11.8 Å². The topological polar surface area (TPSA) is 423 Å². The third kappa shape index (κ3) is 20.6. The molecule has 0 aliphatic carbocycles. The average molecular weight is 1100 g/mol. The Balaban J connectivity index is 1.04. The molecule has 4 rings (SSSR count). The lowest BCUT2D eigenvalue weighted by Crippen LogP contribution is -2.47. The van der Waals surface area contributed by atoms with Gasteiger partial charge in [-0.2, -0.15) is 4.31 Å². The molecule has 2 aromatic rings. The smallest absolute Gasteiger partial charge is 0.390 e. The number of carbonyl (C=O) groups excluding carboxylic acids is 3. The summed E-state index contributed by atoms with van der Waals surface area (Å²) in [5.74, 6) is -1.11. The lowest BCUT2D eigenvalue weighted by Gasteiger charge is -2.35. The molecular weight excluding hydrogens is 1030 g/mol. The number of carbonyl (C=O) groups is 3. The fraction of sp³-hybridized carbons (Fsp3) is 0.795. The third-order valence-corrected chi connectivity index (χ3v) is 15.3. The van der Waals surface area contributed by atoms with Gasteiger partial charge in [-0.3, -0.25) is 32.5 Å². The van der Waals surface area contributed by atoms with Crippen molar-refractivity contribution in [3.8, 4) is 0 Å². The number of hydrogen-bond acceptors (Lipinski definition) is 22. The van der Waals surface area contributed by atoms with Crippen molar-refractivity contribution in [3.63, 3.8) is 0 Å². The number of amides is 2. The third-order valence-electron chi connectivity index (χ3n) is 11.3. The van der Waals surface area contributed by atoms with Gasteiger partial charge < -0.3 is 70.6 Å². The van der Waals surface area contributed by atoms with E-state index in [9.17, 15) is 68.1 Å². The first-order valence-corrected chi connectivity index (χ1v) is 28.5. The van der Waals surface area contributed by atoms with Gasteiger partial charge in [-0.15, -0.1) is 0 Å². The number of nitrogen functional groups attached to an aromatic ring is 1. The molecular formula is C39H68N7O21P3S. The number of fused-ring (bicyclic) bond motifs is 1. The SMILES string of the molecule is C[C@@H]1O[C@@H](OCCCCCCCCCCCC(=O)SCCNC(=O)CCNC(=O)[C@H](O)C(C)(C)COP(=O)(O)OP(=O)(O)OC[C@H]2O[C@@H](n3cnc4c(N)ncnc43)[C@H](O)[C@@H]2OP(=O)(O)O)[C@H](O)C[C@H]1O. The van der Waals surface area contributed by atoms with Crippen LogP contribution in [-0.4, -0.2) is 164 Å². The summed E-state index contributed by atoms with van der Waals surface area (Å²) in [5, 5.41) is 46.3. The van der Waals surface area contributed by atoms with Crippen molar-refractivity contribution < 1.29 is 100 Å². The minimum Gasteiger partial charge on any atom is -0.390 e. The van der Waals surface area contributed by atoms with Crippen LogP contribution in [0.2, 0.25) is 0 Å². The first kappa shape index (κ1) is 61.0. The van der Waals surface area contributed by atoms with Crippen LogP contribution >= 0.6 is 35.2 Å². The molecule has 71 heavy (non-hydrogen) atoms. The van der Waals surface area contributed by atoms with Crippen molar-refractivity contribution >= 4 is 69.1 Å². The molecule has 2 saturated heterocycles. The van der Waals surface area contributed by atoms with Crippen LogP contribution in [-0.2, 0) is 60.2 Å². The van der Waals surface area contributed by atoms with E-state index in [0.29, 0.717) is 18.8 Å². The molecule has 2 aliphatic rings. The number of anilines is 1. The fourth-order valence-electron chi connectivity index (χ4n) is 7.27. The second-order valence-corrected chi connectivity index (χ2v) is 23.1. The normalized spacial score (nSPS) is 25.1. The van der Waals surface area contributed by atoms with E-state index in [1.165, 1.54) is 13.8 Å². The maximum absolute atomic E-state index is 12.7. The Morgan fingerprint density at radius 3 is 2.21 bits per heavy atom. The highest BCUT2D eigenvalue weighted by molar-refractivity contribution is 8.13. The molecule has 12 N–H and O–H groups in total. The van der Waals surface area contributed by atoms with Gasteiger partial charge in [0.15, 0.2) is 29.1 Å². The fourth-order valence-corrected chi connectivity index (χ4v) is 10.8. The molecule has 11 atom stereocenters. The quantitative estimate of drug-likeness (QED) is 0.0365. The number of rotatable bonds is 32. The Bertz CT molecular complexity index is 2180. The summed E-state index contributed by atoms with van der Waals surface area (Å²) in [5.41, 5.74) is 4.26. The summed E-state index contributed by atoms with van der Waals surface area (Å²) < 4.78 is 73.6. The van der Waals surface area contributed by atoms with Crippen molar-refractivity contribution in [1.82, 2.24) is 30.2 Å². The molecule has 2 amide bonds. The minimum atomic E-state index is -5.59. The molecule has 28 nitrogen and oxygen atoms in total. The number of nitrogens with one attached hydrogen (secondary N) is 2. The Labute approximate surface area is 413 Å². The van der Waals surface area contributed by atoms with Crippen molar-refractivity contribution in [1.29, 1.82) is 0 Å². The van der Waals surface area contributed by atoms with Crippen molar-refractivity contribution in [2.75, 3.05) is 44.4 Å². The number of imidazole rings is 1. The van der Waals surface area contributed by atoms with Gasteiger partial charge >= 0.3 is 23.5 Å². The van der Waals surface area contributed by atoms with Crippen molar-refractivity contribution in [2.24, 2.45) is 5.41 Å². The summed E-state index contributed by atoms with van der Waals surface area (Å²) in [7, 11) is -16.4. The molecule has 2 aliphatic heterocycles. The summed E-state index contributed by atoms with van der Waals surface area (Å²) in [6, 6.07) is 0. The van der Waals surface area contributed by atoms with E-state index >= 15 is 0 Å². The summed E-state index contributed by atoms with van der Waals surface area (Å²) in [6.45, 7) is 2.72. The molecule has 0 spiro atoms. The van der Waals surface area contributed by atoms with Gasteiger partial charge in [-0.05, 0) is 19.8 Å². The highest BCUT2D eigenvalue weighted by Crippen LogP contribution is 2.61. The zero-order valence-corrected chi connectivity index (χ0v) is 43.1. The standard InChI is InChI=1S/C39H68N7O21P3S/c1-24-25(47)19-26(48)38(64-24)61-17-12-10-8-6-4-5-7-9-11-13-29(50)71-18-16-41-28(49)14-15-42-36(53)33(52)39(2,3)21-63-70(59,60)67-69(57,58)62-20-27-32(66-68(54,55)56)31(51)37(65-27)46-23-45-30-34(40)43-22-44-35(30)46/h22-27,31-33,37-38,47-48,51-52H,4-21H2,1-3H3,(H,41,49)(H,42,53)(H,57,58)(H,59,60)(H2,40,43,44)(H2,54,55,56)/t24-,25+,26+,27+,31+,32+,33-,37+,38+/m0/s1. The minimum absolute atomic E-state index is 0.0233. The van der Waals surface area contributed by atoms with Crippen molar-refractivity contribution in [2.45, 2.75) is 153 Å². The molecule has 0 bridgehead atoms. The van der Waals surface area contributed by atoms with Gasteiger partial charge in [0.25, 0.3) is 0 Å². The highest BCUT2D eigenvalue weighted by Gasteiger charge is 2.50. The predicted octanol–water partition coefficient (Wildman–Crippen LogP) is 1.44. The number of thioether (sulfide) groups is 1. The van der Waals surface area contributed by atoms with Crippen LogP contribution in [0.25, 0.3) is 11.2 Å². The number of aliphatic hydroxyl groups excluding tert-OH is 4. The van der Waals surface area contributed by atoms with Gasteiger partial charge in [0.1, 0.15) is 42.4 Å². The van der Waals surface area contributed by atoms with Crippen LogP contribution in [0.4, 0.5) is 5.82 Å². The largest absolute Gasteiger partial charge is 0.481 e. The lowest BCUT2D eigenvalue weighted by atomic mass is 9.87. The number of ether oxygens (including phenoxy) is 3. The van der Waals surface area contributed by atoms with Crippen LogP contribution < -0.4 is 16.4 Å². The first-order valence-electron chi connectivity index (χ1n) is 23.0. The average Bonchev–Trinajstić information content (AvgIpc) is 3.85. The number of hydrogen-bond donors (Lipinski definition) is 11. The number of aromatic nitrogens is 4. The molecule has 32 heteroatoms. The number of nitrogens with two attached hydrogens (primary N) is 1. The van der Waals surface area contributed by atoms with Gasteiger partial charge in [-0.1, -0.05) is 70.6 Å². The Morgan fingerprint density at radius 1 is 0.887 bits per heavy atom. The molecule has 2 aromatic heterocycles. The van der Waals surface area contributed by atoms with Gasteiger partial charge in [0, 0.05) is 50.1 Å². The Kier molecular flexibility index (Phi) is 24.3. The zero-order valence-electron chi connectivity index (χ0n) is 39.6. The molecule has 0 saturated carbocycles. The van der Waals surface area contributed by atoms with Crippen LogP contribution in [0.15, 0.2) is 12.7 Å². The van der Waals surface area contributed by atoms with Gasteiger partial charge in [0.05, 0.1) is 31.7 Å². The molecule has 0 aromatic carbocycles. The molecule has 4 heterocycles. The molecule has 406 valence electrons. The second kappa shape index (κ2) is 28.3. The number of unbranched alkanes of at least 4 members (excludes halogenated alkanes) is 8. The maximum Gasteiger partial charge on any atom is 0.481 e. The number of phosphoric acid groups is 3.